The molecule has 0 spiro atoms. The smallest absolute Gasteiger partial charge is 0.264 e. The summed E-state index contributed by atoms with van der Waals surface area (Å²) >= 11 is 0. The van der Waals surface area contributed by atoms with Gasteiger partial charge in [-0.2, -0.15) is 0 Å². The van der Waals surface area contributed by atoms with Gasteiger partial charge in [-0.05, 0) is 68.3 Å². The number of hydrogen-bond acceptors (Lipinski definition) is 3. The molecular formula is C19H23NO3S. The van der Waals surface area contributed by atoms with E-state index in [9.17, 15) is 8.42 Å². The molecule has 0 aliphatic rings. The van der Waals surface area contributed by atoms with Crippen LogP contribution in [0.15, 0.2) is 60.0 Å². The van der Waals surface area contributed by atoms with Gasteiger partial charge in [-0.25, -0.2) is 8.42 Å². The molecule has 0 aromatic heterocycles. The summed E-state index contributed by atoms with van der Waals surface area (Å²) in [5.74, 6) is 0.651. The zero-order chi connectivity index (χ0) is 17.7. The minimum atomic E-state index is -3.67. The van der Waals surface area contributed by atoms with Crippen molar-refractivity contribution in [3.05, 3.63) is 66.2 Å². The standard InChI is InChI=1S/C19H23NO3S/c1-5-11-20(17-13-15(3)12-16(4)14-17)24(21,22)19-9-7-18(8-10-19)23-6-2/h5,7-10,12-14H,1,6,11H2,2-4H3. The predicted octanol–water partition coefficient (Wildman–Crippen LogP) is 4.08. The predicted molar refractivity (Wildman–Crippen MR) is 98.3 cm³/mol. The SMILES string of the molecule is C=CCN(c1cc(C)cc(C)c1)S(=O)(=O)c1ccc(OCC)cc1. The largest absolute Gasteiger partial charge is 0.494 e. The Morgan fingerprint density at radius 2 is 1.67 bits per heavy atom. The normalized spacial score (nSPS) is 11.1. The summed E-state index contributed by atoms with van der Waals surface area (Å²) in [7, 11) is -3.67. The average Bonchev–Trinajstić information content (AvgIpc) is 2.52. The first-order valence-corrected chi connectivity index (χ1v) is 9.27. The van der Waals surface area contributed by atoms with E-state index in [0.717, 1.165) is 11.1 Å². The van der Waals surface area contributed by atoms with Gasteiger partial charge >= 0.3 is 0 Å². The summed E-state index contributed by atoms with van der Waals surface area (Å²) in [6.07, 6.45) is 1.59. The Labute approximate surface area is 144 Å². The molecular weight excluding hydrogens is 322 g/mol. The van der Waals surface area contributed by atoms with Gasteiger partial charge in [0, 0.05) is 0 Å². The molecule has 2 aromatic carbocycles. The van der Waals surface area contributed by atoms with E-state index in [2.05, 4.69) is 6.58 Å². The lowest BCUT2D eigenvalue weighted by atomic mass is 10.1. The highest BCUT2D eigenvalue weighted by atomic mass is 32.2. The van der Waals surface area contributed by atoms with Crippen LogP contribution in [0.3, 0.4) is 0 Å². The van der Waals surface area contributed by atoms with Gasteiger partial charge in [0.05, 0.1) is 23.7 Å². The maximum Gasteiger partial charge on any atom is 0.264 e. The molecule has 0 bridgehead atoms. The zero-order valence-corrected chi connectivity index (χ0v) is 15.1. The van der Waals surface area contributed by atoms with Crippen LogP contribution in [0.1, 0.15) is 18.1 Å². The summed E-state index contributed by atoms with van der Waals surface area (Å²) in [6, 6.07) is 12.2. The fourth-order valence-electron chi connectivity index (χ4n) is 2.56. The molecule has 0 saturated heterocycles. The third-order valence-electron chi connectivity index (χ3n) is 3.51. The van der Waals surface area contributed by atoms with E-state index >= 15 is 0 Å². The van der Waals surface area contributed by atoms with Crippen molar-refractivity contribution in [2.75, 3.05) is 17.5 Å². The molecule has 0 unspecified atom stereocenters. The molecule has 0 radical (unpaired) electrons. The lowest BCUT2D eigenvalue weighted by Crippen LogP contribution is -2.31. The van der Waals surface area contributed by atoms with E-state index in [4.69, 9.17) is 4.74 Å². The number of hydrogen-bond donors (Lipinski definition) is 0. The molecule has 0 aliphatic carbocycles. The first-order valence-electron chi connectivity index (χ1n) is 7.83. The molecule has 5 heteroatoms. The Morgan fingerprint density at radius 1 is 1.08 bits per heavy atom. The minimum absolute atomic E-state index is 0.207. The van der Waals surface area contributed by atoms with Crippen molar-refractivity contribution < 1.29 is 13.2 Å². The monoisotopic (exact) mass is 345 g/mol. The van der Waals surface area contributed by atoms with Crippen molar-refractivity contribution in [3.8, 4) is 5.75 Å². The van der Waals surface area contributed by atoms with Crippen molar-refractivity contribution in [3.63, 3.8) is 0 Å². The van der Waals surface area contributed by atoms with Crippen LogP contribution in [0.5, 0.6) is 5.75 Å². The average molecular weight is 345 g/mol. The number of sulfonamides is 1. The second-order valence-electron chi connectivity index (χ2n) is 5.58. The lowest BCUT2D eigenvalue weighted by Gasteiger charge is -2.24. The zero-order valence-electron chi connectivity index (χ0n) is 14.3. The van der Waals surface area contributed by atoms with Gasteiger partial charge < -0.3 is 4.74 Å². The van der Waals surface area contributed by atoms with Crippen LogP contribution in [-0.2, 0) is 10.0 Å². The highest BCUT2D eigenvalue weighted by Gasteiger charge is 2.24. The fraction of sp³-hybridized carbons (Fsp3) is 0.263. The van der Waals surface area contributed by atoms with Crippen molar-refractivity contribution in [1.82, 2.24) is 0 Å². The molecule has 24 heavy (non-hydrogen) atoms. The van der Waals surface area contributed by atoms with Gasteiger partial charge in [0.2, 0.25) is 0 Å². The van der Waals surface area contributed by atoms with E-state index in [1.807, 2.05) is 39.0 Å². The molecule has 2 aromatic rings. The van der Waals surface area contributed by atoms with Crippen molar-refractivity contribution in [2.45, 2.75) is 25.7 Å². The Morgan fingerprint density at radius 3 is 2.17 bits per heavy atom. The Kier molecular flexibility index (Phi) is 5.67. The first kappa shape index (κ1) is 18.1. The van der Waals surface area contributed by atoms with Gasteiger partial charge in [-0.1, -0.05) is 12.1 Å². The summed E-state index contributed by atoms with van der Waals surface area (Å²) in [4.78, 5) is 0.229. The molecule has 0 amide bonds. The highest BCUT2D eigenvalue weighted by Crippen LogP contribution is 2.27. The molecule has 0 fully saturated rings. The highest BCUT2D eigenvalue weighted by molar-refractivity contribution is 7.92. The molecule has 2 rings (SSSR count). The Bertz CT molecular complexity index is 791. The molecule has 0 N–H and O–H groups in total. The van der Waals surface area contributed by atoms with Gasteiger partial charge in [0.15, 0.2) is 0 Å². The van der Waals surface area contributed by atoms with Crippen LogP contribution in [0.4, 0.5) is 5.69 Å². The molecule has 0 aliphatic heterocycles. The van der Waals surface area contributed by atoms with Crippen molar-refractivity contribution in [1.29, 1.82) is 0 Å². The topological polar surface area (TPSA) is 46.6 Å². The number of anilines is 1. The van der Waals surface area contributed by atoms with E-state index in [1.165, 1.54) is 4.31 Å². The maximum atomic E-state index is 13.1. The van der Waals surface area contributed by atoms with Crippen LogP contribution in [-0.4, -0.2) is 21.6 Å². The van der Waals surface area contributed by atoms with E-state index < -0.39 is 10.0 Å². The van der Waals surface area contributed by atoms with Gasteiger partial charge in [-0.15, -0.1) is 6.58 Å². The summed E-state index contributed by atoms with van der Waals surface area (Å²) < 4.78 is 32.8. The second kappa shape index (κ2) is 7.53. The number of benzene rings is 2. The fourth-order valence-corrected chi connectivity index (χ4v) is 3.98. The van der Waals surface area contributed by atoms with E-state index in [-0.39, 0.29) is 11.4 Å². The molecule has 128 valence electrons. The van der Waals surface area contributed by atoms with Gasteiger partial charge in [-0.3, -0.25) is 4.31 Å². The number of ether oxygens (including phenoxy) is 1. The van der Waals surface area contributed by atoms with Gasteiger partial charge in [0.25, 0.3) is 10.0 Å². The number of nitrogens with zero attached hydrogens (tertiary/aromatic N) is 1. The van der Waals surface area contributed by atoms with E-state index in [0.29, 0.717) is 18.0 Å². The molecule has 0 heterocycles. The number of aryl methyl sites for hydroxylation is 2. The van der Waals surface area contributed by atoms with Crippen LogP contribution in [0.25, 0.3) is 0 Å². The van der Waals surface area contributed by atoms with Crippen LogP contribution in [0.2, 0.25) is 0 Å². The molecule has 0 saturated carbocycles. The Hall–Kier alpha value is -2.27. The lowest BCUT2D eigenvalue weighted by molar-refractivity contribution is 0.340. The van der Waals surface area contributed by atoms with Crippen molar-refractivity contribution in [2.24, 2.45) is 0 Å². The molecule has 4 nitrogen and oxygen atoms in total. The second-order valence-corrected chi connectivity index (χ2v) is 7.44. The number of rotatable bonds is 7. The van der Waals surface area contributed by atoms with Crippen LogP contribution < -0.4 is 9.04 Å². The van der Waals surface area contributed by atoms with Crippen LogP contribution >= 0.6 is 0 Å². The maximum absolute atomic E-state index is 13.1. The first-order chi connectivity index (χ1) is 11.4. The quantitative estimate of drug-likeness (QED) is 0.710. The van der Waals surface area contributed by atoms with Crippen molar-refractivity contribution >= 4 is 15.7 Å². The third kappa shape index (κ3) is 3.97. The van der Waals surface area contributed by atoms with Crippen LogP contribution in [0, 0.1) is 13.8 Å². The summed E-state index contributed by atoms with van der Waals surface area (Å²) in [6.45, 7) is 10.2. The summed E-state index contributed by atoms with van der Waals surface area (Å²) in [5, 5.41) is 0. The Balaban J connectivity index is 2.46. The van der Waals surface area contributed by atoms with Gasteiger partial charge in [0.1, 0.15) is 5.75 Å². The molecule has 0 atom stereocenters. The summed E-state index contributed by atoms with van der Waals surface area (Å²) in [5.41, 5.74) is 2.67. The minimum Gasteiger partial charge on any atom is -0.494 e. The third-order valence-corrected chi connectivity index (χ3v) is 5.32. The van der Waals surface area contributed by atoms with E-state index in [1.54, 1.807) is 30.3 Å².